The number of hydrogen-bond donors (Lipinski definition) is 1. The summed E-state index contributed by atoms with van der Waals surface area (Å²) in [4.78, 5) is 15.6. The molecule has 0 bridgehead atoms. The Morgan fingerprint density at radius 3 is 2.46 bits per heavy atom. The van der Waals surface area contributed by atoms with Crippen LogP contribution in [0.15, 0.2) is 61.7 Å². The Kier molecular flexibility index (Phi) is 5.42. The largest absolute Gasteiger partial charge is 0.378 e. The van der Waals surface area contributed by atoms with Gasteiger partial charge in [0.15, 0.2) is 10.9 Å². The van der Waals surface area contributed by atoms with Gasteiger partial charge in [0.05, 0.1) is 9.38 Å². The summed E-state index contributed by atoms with van der Waals surface area (Å²) in [6.07, 6.45) is 1.61. The average Bonchev–Trinajstić information content (AvgIpc) is 2.88. The van der Waals surface area contributed by atoms with Crippen LogP contribution in [0.25, 0.3) is 6.08 Å². The minimum absolute atomic E-state index is 0.0134. The van der Waals surface area contributed by atoms with E-state index in [0.29, 0.717) is 20.0 Å². The van der Waals surface area contributed by atoms with E-state index in [1.54, 1.807) is 18.2 Å². The Labute approximate surface area is 167 Å². The fourth-order valence-electron chi connectivity index (χ4n) is 2.02. The van der Waals surface area contributed by atoms with Gasteiger partial charge in [-0.05, 0) is 75.7 Å². The first-order valence-electron chi connectivity index (χ1n) is 7.02. The molecular weight excluding hydrogens is 464 g/mol. The smallest absolute Gasteiger partial charge is 0.339 e. The molecule has 0 aliphatic carbocycles. The first kappa shape index (κ1) is 19.0. The Morgan fingerprint density at radius 2 is 1.88 bits per heavy atom. The van der Waals surface area contributed by atoms with Gasteiger partial charge in [-0.25, -0.2) is 0 Å². The summed E-state index contributed by atoms with van der Waals surface area (Å²) < 4.78 is 30.2. The summed E-state index contributed by atoms with van der Waals surface area (Å²) in [5.41, 5.74) is 6.17. The van der Waals surface area contributed by atoms with E-state index >= 15 is 0 Å². The minimum Gasteiger partial charge on any atom is -0.378 e. The van der Waals surface area contributed by atoms with Crippen molar-refractivity contribution in [3.8, 4) is 5.75 Å². The number of benzene rings is 2. The number of amidine groups is 1. The molecule has 26 heavy (non-hydrogen) atoms. The summed E-state index contributed by atoms with van der Waals surface area (Å²) >= 11 is 10.1. The van der Waals surface area contributed by atoms with Gasteiger partial charge in [0.1, 0.15) is 4.90 Å². The molecule has 0 radical (unpaired) electrons. The van der Waals surface area contributed by atoms with E-state index in [1.165, 1.54) is 30.3 Å². The van der Waals surface area contributed by atoms with Crippen LogP contribution >= 0.6 is 39.3 Å². The van der Waals surface area contributed by atoms with Crippen molar-refractivity contribution in [2.24, 2.45) is 10.7 Å². The van der Waals surface area contributed by atoms with E-state index in [-0.39, 0.29) is 15.8 Å². The maximum Gasteiger partial charge on any atom is 0.339 e. The van der Waals surface area contributed by atoms with Crippen LogP contribution in [-0.4, -0.2) is 19.5 Å². The number of aliphatic imine (C=N–C) groups is 1. The van der Waals surface area contributed by atoms with E-state index in [0.717, 1.165) is 11.8 Å². The highest BCUT2D eigenvalue weighted by Gasteiger charge is 2.20. The third-order valence-corrected chi connectivity index (χ3v) is 6.13. The number of carbonyl (C=O) groups excluding carboxylic acids is 1. The zero-order valence-corrected chi connectivity index (χ0v) is 16.8. The van der Waals surface area contributed by atoms with Crippen molar-refractivity contribution < 1.29 is 17.4 Å². The zero-order valence-electron chi connectivity index (χ0n) is 12.8. The Balaban J connectivity index is 1.83. The third-order valence-electron chi connectivity index (χ3n) is 3.19. The standard InChI is InChI=1S/C16H10BrClN2O4S2/c17-12-7-9(8-14-15(21)20-16(19)25-14)1-6-13(12)24-26(22,23)11-4-2-10(18)3-5-11/h1-8H,(H2,19,20,21)/b14-8+. The summed E-state index contributed by atoms with van der Waals surface area (Å²) in [5, 5.41) is 0.612. The molecule has 0 unspecified atom stereocenters. The van der Waals surface area contributed by atoms with Crippen molar-refractivity contribution in [3.05, 3.63) is 62.4 Å². The average molecular weight is 474 g/mol. The van der Waals surface area contributed by atoms with E-state index in [4.69, 9.17) is 21.5 Å². The van der Waals surface area contributed by atoms with Gasteiger partial charge >= 0.3 is 10.1 Å². The summed E-state index contributed by atoms with van der Waals surface area (Å²) in [5.74, 6) is -0.294. The first-order chi connectivity index (χ1) is 12.2. The summed E-state index contributed by atoms with van der Waals surface area (Å²) in [6, 6.07) is 10.4. The second-order valence-corrected chi connectivity index (χ2v) is 8.95. The predicted molar refractivity (Wildman–Crippen MR) is 106 cm³/mol. The highest BCUT2D eigenvalue weighted by atomic mass is 79.9. The fraction of sp³-hybridized carbons (Fsp3) is 0. The van der Waals surface area contributed by atoms with Crippen molar-refractivity contribution in [1.82, 2.24) is 0 Å². The maximum atomic E-state index is 12.3. The second-order valence-electron chi connectivity index (χ2n) is 5.05. The number of nitrogens with zero attached hydrogens (tertiary/aromatic N) is 1. The normalized spacial score (nSPS) is 16.0. The van der Waals surface area contributed by atoms with Crippen LogP contribution in [0.4, 0.5) is 0 Å². The Hall–Kier alpha value is -1.81. The van der Waals surface area contributed by atoms with Crippen molar-refractivity contribution >= 4 is 66.6 Å². The number of rotatable bonds is 4. The zero-order chi connectivity index (χ0) is 18.9. The number of hydrogen-bond acceptors (Lipinski definition) is 6. The lowest BCUT2D eigenvalue weighted by molar-refractivity contribution is -0.113. The van der Waals surface area contributed by atoms with Gasteiger partial charge in [-0.3, -0.25) is 4.79 Å². The molecule has 2 N–H and O–H groups in total. The topological polar surface area (TPSA) is 98.8 Å². The number of thioether (sulfide) groups is 1. The van der Waals surface area contributed by atoms with Gasteiger partial charge in [0.2, 0.25) is 0 Å². The van der Waals surface area contributed by atoms with Crippen LogP contribution in [0, 0.1) is 0 Å². The molecule has 134 valence electrons. The van der Waals surface area contributed by atoms with E-state index < -0.39 is 16.0 Å². The molecule has 0 saturated carbocycles. The fourth-order valence-corrected chi connectivity index (χ4v) is 4.36. The molecule has 1 heterocycles. The van der Waals surface area contributed by atoms with Gasteiger partial charge < -0.3 is 9.92 Å². The summed E-state index contributed by atoms with van der Waals surface area (Å²) in [7, 11) is -4.00. The second kappa shape index (κ2) is 7.43. The molecule has 0 aromatic heterocycles. The molecule has 3 rings (SSSR count). The van der Waals surface area contributed by atoms with E-state index in [9.17, 15) is 13.2 Å². The molecule has 2 aromatic carbocycles. The van der Waals surface area contributed by atoms with Crippen molar-refractivity contribution in [3.63, 3.8) is 0 Å². The molecule has 1 aliphatic heterocycles. The van der Waals surface area contributed by atoms with Crippen LogP contribution in [-0.2, 0) is 14.9 Å². The first-order valence-corrected chi connectivity index (χ1v) is 10.4. The lowest BCUT2D eigenvalue weighted by Gasteiger charge is -2.09. The van der Waals surface area contributed by atoms with Crippen LogP contribution in [0.1, 0.15) is 5.56 Å². The number of halogens is 2. The molecule has 0 atom stereocenters. The number of nitrogens with two attached hydrogens (primary N) is 1. The molecule has 1 aliphatic rings. The minimum atomic E-state index is -4.00. The number of carbonyl (C=O) groups is 1. The van der Waals surface area contributed by atoms with Crippen LogP contribution in [0.2, 0.25) is 5.02 Å². The van der Waals surface area contributed by atoms with E-state index in [2.05, 4.69) is 20.9 Å². The van der Waals surface area contributed by atoms with Gasteiger partial charge in [-0.2, -0.15) is 13.4 Å². The summed E-state index contributed by atoms with van der Waals surface area (Å²) in [6.45, 7) is 0. The van der Waals surface area contributed by atoms with Crippen molar-refractivity contribution in [2.45, 2.75) is 4.90 Å². The predicted octanol–water partition coefficient (Wildman–Crippen LogP) is 3.80. The molecular formula is C16H10BrClN2O4S2. The van der Waals surface area contributed by atoms with Gasteiger partial charge in [-0.1, -0.05) is 17.7 Å². The highest BCUT2D eigenvalue weighted by Crippen LogP contribution is 2.32. The molecule has 2 aromatic rings. The highest BCUT2D eigenvalue weighted by molar-refractivity contribution is 9.10. The molecule has 0 fully saturated rings. The Bertz CT molecular complexity index is 1050. The molecule has 0 spiro atoms. The molecule has 1 amide bonds. The van der Waals surface area contributed by atoms with Crippen LogP contribution in [0.3, 0.4) is 0 Å². The van der Waals surface area contributed by atoms with Crippen molar-refractivity contribution in [1.29, 1.82) is 0 Å². The SMILES string of the molecule is NC1=NC(=O)/C(=C\c2ccc(OS(=O)(=O)c3ccc(Cl)cc3)c(Br)c2)S1. The molecule has 6 nitrogen and oxygen atoms in total. The third kappa shape index (κ3) is 4.29. The molecule has 10 heteroatoms. The van der Waals surface area contributed by atoms with Gasteiger partial charge in [-0.15, -0.1) is 0 Å². The quantitative estimate of drug-likeness (QED) is 0.536. The van der Waals surface area contributed by atoms with Gasteiger partial charge in [0, 0.05) is 5.02 Å². The van der Waals surface area contributed by atoms with Crippen LogP contribution in [0.5, 0.6) is 5.75 Å². The Morgan fingerprint density at radius 1 is 1.19 bits per heavy atom. The van der Waals surface area contributed by atoms with E-state index in [1.807, 2.05) is 0 Å². The molecule has 0 saturated heterocycles. The van der Waals surface area contributed by atoms with Gasteiger partial charge in [0.25, 0.3) is 5.91 Å². The lowest BCUT2D eigenvalue weighted by Crippen LogP contribution is -2.10. The lowest BCUT2D eigenvalue weighted by atomic mass is 10.2. The monoisotopic (exact) mass is 472 g/mol. The van der Waals surface area contributed by atoms with Crippen LogP contribution < -0.4 is 9.92 Å². The number of amides is 1. The van der Waals surface area contributed by atoms with Crippen molar-refractivity contribution in [2.75, 3.05) is 0 Å². The maximum absolute atomic E-state index is 12.3.